The third kappa shape index (κ3) is 4.94. The van der Waals surface area contributed by atoms with Gasteiger partial charge in [0.1, 0.15) is 11.9 Å². The highest BCUT2D eigenvalue weighted by Gasteiger charge is 2.24. The Hall–Kier alpha value is -2.63. The lowest BCUT2D eigenvalue weighted by molar-refractivity contribution is -0.124. The van der Waals surface area contributed by atoms with Crippen LogP contribution < -0.4 is 14.8 Å². The van der Waals surface area contributed by atoms with Gasteiger partial charge in [0.15, 0.2) is 6.61 Å². The summed E-state index contributed by atoms with van der Waals surface area (Å²) in [5, 5.41) is 3.02. The predicted octanol–water partition coefficient (Wildman–Crippen LogP) is 2.36. The third-order valence-electron chi connectivity index (χ3n) is 3.97. The van der Waals surface area contributed by atoms with E-state index in [0.717, 1.165) is 25.7 Å². The fourth-order valence-electron chi connectivity index (χ4n) is 2.76. The minimum atomic E-state index is -0.0883. The Kier molecular flexibility index (Phi) is 5.61. The van der Waals surface area contributed by atoms with Crippen LogP contribution >= 0.6 is 0 Å². The smallest absolute Gasteiger partial charge is 0.316 e. The molecule has 1 heterocycles. The van der Waals surface area contributed by atoms with Gasteiger partial charge in [0.25, 0.3) is 5.91 Å². The van der Waals surface area contributed by atoms with Crippen molar-refractivity contribution in [2.75, 3.05) is 6.61 Å². The molecule has 1 aliphatic carbocycles. The fourth-order valence-corrected chi connectivity index (χ4v) is 2.76. The molecule has 0 atom stereocenters. The van der Waals surface area contributed by atoms with Crippen LogP contribution in [0, 0.1) is 0 Å². The number of hydrogen-bond donors (Lipinski definition) is 1. The normalized spacial score (nSPS) is 20.2. The highest BCUT2D eigenvalue weighted by atomic mass is 16.5. The van der Waals surface area contributed by atoms with E-state index in [-0.39, 0.29) is 24.7 Å². The van der Waals surface area contributed by atoms with Crippen LogP contribution in [0.15, 0.2) is 48.8 Å². The van der Waals surface area contributed by atoms with E-state index in [1.807, 2.05) is 30.3 Å². The molecule has 0 spiro atoms. The SMILES string of the molecule is O=C(COc1ccccc1)NC1CCC(Oc2ncccn2)CC1. The van der Waals surface area contributed by atoms with Crippen molar-refractivity contribution in [3.8, 4) is 11.8 Å². The molecule has 0 saturated heterocycles. The second-order valence-electron chi connectivity index (χ2n) is 5.79. The molecule has 1 aromatic heterocycles. The summed E-state index contributed by atoms with van der Waals surface area (Å²) in [6, 6.07) is 11.7. The summed E-state index contributed by atoms with van der Waals surface area (Å²) in [7, 11) is 0. The van der Waals surface area contributed by atoms with Gasteiger partial charge in [0.2, 0.25) is 0 Å². The molecule has 1 fully saturated rings. The number of rotatable bonds is 6. The second kappa shape index (κ2) is 8.29. The van der Waals surface area contributed by atoms with Crippen LogP contribution in [0.3, 0.4) is 0 Å². The number of carbonyl (C=O) groups excluding carboxylic acids is 1. The van der Waals surface area contributed by atoms with Crippen molar-refractivity contribution in [2.24, 2.45) is 0 Å². The molecule has 6 nitrogen and oxygen atoms in total. The third-order valence-corrected chi connectivity index (χ3v) is 3.97. The molecule has 0 bridgehead atoms. The van der Waals surface area contributed by atoms with Crippen LogP contribution in [0.4, 0.5) is 0 Å². The number of benzene rings is 1. The van der Waals surface area contributed by atoms with Crippen molar-refractivity contribution < 1.29 is 14.3 Å². The zero-order chi connectivity index (χ0) is 16.6. The van der Waals surface area contributed by atoms with Crippen LogP contribution in [-0.4, -0.2) is 34.6 Å². The van der Waals surface area contributed by atoms with Gasteiger partial charge < -0.3 is 14.8 Å². The van der Waals surface area contributed by atoms with Gasteiger partial charge in [-0.15, -0.1) is 0 Å². The quantitative estimate of drug-likeness (QED) is 0.882. The van der Waals surface area contributed by atoms with Crippen LogP contribution in [0.5, 0.6) is 11.8 Å². The lowest BCUT2D eigenvalue weighted by Gasteiger charge is -2.28. The van der Waals surface area contributed by atoms with Crippen molar-refractivity contribution >= 4 is 5.91 Å². The lowest BCUT2D eigenvalue weighted by atomic mass is 9.93. The molecule has 0 unspecified atom stereocenters. The van der Waals surface area contributed by atoms with E-state index in [9.17, 15) is 4.79 Å². The number of carbonyl (C=O) groups is 1. The average Bonchev–Trinajstić information content (AvgIpc) is 2.63. The van der Waals surface area contributed by atoms with Gasteiger partial charge >= 0.3 is 6.01 Å². The molecule has 1 saturated carbocycles. The summed E-state index contributed by atoms with van der Waals surface area (Å²) < 4.78 is 11.2. The molecule has 1 aliphatic rings. The highest BCUT2D eigenvalue weighted by molar-refractivity contribution is 5.77. The average molecular weight is 327 g/mol. The Bertz CT molecular complexity index is 628. The van der Waals surface area contributed by atoms with Gasteiger partial charge in [-0.05, 0) is 43.9 Å². The molecular formula is C18H21N3O3. The summed E-state index contributed by atoms with van der Waals surface area (Å²) in [4.78, 5) is 20.1. The number of hydrogen-bond acceptors (Lipinski definition) is 5. The molecule has 126 valence electrons. The lowest BCUT2D eigenvalue weighted by Crippen LogP contribution is -2.41. The Morgan fingerprint density at radius 2 is 1.75 bits per heavy atom. The zero-order valence-corrected chi connectivity index (χ0v) is 13.4. The van der Waals surface area contributed by atoms with Gasteiger partial charge in [0.05, 0.1) is 0 Å². The Morgan fingerprint density at radius 1 is 1.04 bits per heavy atom. The summed E-state index contributed by atoms with van der Waals surface area (Å²) in [5.74, 6) is 0.613. The van der Waals surface area contributed by atoms with Gasteiger partial charge in [-0.1, -0.05) is 18.2 Å². The minimum Gasteiger partial charge on any atom is -0.484 e. The Labute approximate surface area is 141 Å². The Balaban J connectivity index is 1.36. The molecule has 3 rings (SSSR count). The molecule has 2 aromatic rings. The van der Waals surface area contributed by atoms with Crippen LogP contribution in [0.1, 0.15) is 25.7 Å². The maximum atomic E-state index is 12.0. The molecule has 0 radical (unpaired) electrons. The molecule has 1 N–H and O–H groups in total. The first-order valence-electron chi connectivity index (χ1n) is 8.20. The molecule has 0 aliphatic heterocycles. The van der Waals surface area contributed by atoms with Gasteiger partial charge in [0, 0.05) is 18.4 Å². The van der Waals surface area contributed by atoms with E-state index in [4.69, 9.17) is 9.47 Å². The first-order chi connectivity index (χ1) is 11.8. The number of ether oxygens (including phenoxy) is 2. The summed E-state index contributed by atoms with van der Waals surface area (Å²) in [6.45, 7) is 0.0400. The molecule has 6 heteroatoms. The number of para-hydroxylation sites is 1. The monoisotopic (exact) mass is 327 g/mol. The first-order valence-corrected chi connectivity index (χ1v) is 8.20. The molecule has 1 amide bonds. The minimum absolute atomic E-state index is 0.0400. The second-order valence-corrected chi connectivity index (χ2v) is 5.79. The largest absolute Gasteiger partial charge is 0.484 e. The van der Waals surface area contributed by atoms with Crippen LogP contribution in [0.25, 0.3) is 0 Å². The van der Waals surface area contributed by atoms with E-state index in [1.54, 1.807) is 18.5 Å². The topological polar surface area (TPSA) is 73.3 Å². The molecule has 1 aromatic carbocycles. The first kappa shape index (κ1) is 16.2. The van der Waals surface area contributed by atoms with Gasteiger partial charge in [-0.25, -0.2) is 9.97 Å². The van der Waals surface area contributed by atoms with E-state index in [1.165, 1.54) is 0 Å². The fraction of sp³-hybridized carbons (Fsp3) is 0.389. The van der Waals surface area contributed by atoms with Crippen LogP contribution in [-0.2, 0) is 4.79 Å². The number of nitrogens with zero attached hydrogens (tertiary/aromatic N) is 2. The summed E-state index contributed by atoms with van der Waals surface area (Å²) in [5.41, 5.74) is 0. The summed E-state index contributed by atoms with van der Waals surface area (Å²) in [6.07, 6.45) is 6.97. The number of nitrogens with one attached hydrogen (secondary N) is 1. The van der Waals surface area contributed by atoms with Crippen molar-refractivity contribution in [3.05, 3.63) is 48.8 Å². The van der Waals surface area contributed by atoms with Crippen molar-refractivity contribution in [3.63, 3.8) is 0 Å². The predicted molar refractivity (Wildman–Crippen MR) is 88.8 cm³/mol. The van der Waals surface area contributed by atoms with Gasteiger partial charge in [-0.3, -0.25) is 4.79 Å². The van der Waals surface area contributed by atoms with E-state index in [2.05, 4.69) is 15.3 Å². The van der Waals surface area contributed by atoms with E-state index >= 15 is 0 Å². The number of amides is 1. The van der Waals surface area contributed by atoms with Crippen molar-refractivity contribution in [2.45, 2.75) is 37.8 Å². The summed E-state index contributed by atoms with van der Waals surface area (Å²) >= 11 is 0. The number of aromatic nitrogens is 2. The Morgan fingerprint density at radius 3 is 2.46 bits per heavy atom. The maximum absolute atomic E-state index is 12.0. The van der Waals surface area contributed by atoms with Crippen LogP contribution in [0.2, 0.25) is 0 Å². The zero-order valence-electron chi connectivity index (χ0n) is 13.4. The van der Waals surface area contributed by atoms with Crippen molar-refractivity contribution in [1.82, 2.24) is 15.3 Å². The van der Waals surface area contributed by atoms with E-state index < -0.39 is 0 Å². The highest BCUT2D eigenvalue weighted by Crippen LogP contribution is 2.22. The standard InChI is InChI=1S/C18H21N3O3/c22-17(13-23-15-5-2-1-3-6-15)21-14-7-9-16(10-8-14)24-18-19-11-4-12-20-18/h1-6,11-12,14,16H,7-10,13H2,(H,21,22). The maximum Gasteiger partial charge on any atom is 0.316 e. The molecular weight excluding hydrogens is 306 g/mol. The van der Waals surface area contributed by atoms with E-state index in [0.29, 0.717) is 11.8 Å². The van der Waals surface area contributed by atoms with Crippen molar-refractivity contribution in [1.29, 1.82) is 0 Å². The molecule has 24 heavy (non-hydrogen) atoms. The van der Waals surface area contributed by atoms with Gasteiger partial charge in [-0.2, -0.15) is 0 Å².